The third-order valence-electron chi connectivity index (χ3n) is 7.46. The van der Waals surface area contributed by atoms with E-state index in [1.807, 2.05) is 64.1 Å². The zero-order valence-corrected chi connectivity index (χ0v) is 21.9. The Morgan fingerprint density at radius 2 is 1.78 bits per heavy atom. The van der Waals surface area contributed by atoms with Gasteiger partial charge in [-0.2, -0.15) is 0 Å². The molecule has 0 bridgehead atoms. The van der Waals surface area contributed by atoms with Gasteiger partial charge in [-0.3, -0.25) is 4.79 Å². The molecule has 0 spiro atoms. The van der Waals surface area contributed by atoms with Gasteiger partial charge in [0.05, 0.1) is 31.0 Å². The van der Waals surface area contributed by atoms with E-state index in [0.29, 0.717) is 6.54 Å². The van der Waals surface area contributed by atoms with Crippen LogP contribution in [0.1, 0.15) is 52.3 Å². The molecule has 0 radical (unpaired) electrons. The Balaban J connectivity index is 1.47. The number of aromatic amines is 1. The zero-order valence-electron chi connectivity index (χ0n) is 21.9. The summed E-state index contributed by atoms with van der Waals surface area (Å²) in [5, 5.41) is 2.58. The molecule has 2 saturated heterocycles. The number of nitrogens with one attached hydrogen (secondary N) is 2. The molecule has 4 rings (SSSR count). The number of hydrogen-bond acceptors (Lipinski definition) is 6. The van der Waals surface area contributed by atoms with Gasteiger partial charge in [0.25, 0.3) is 0 Å². The lowest BCUT2D eigenvalue weighted by atomic mass is 9.79. The Kier molecular flexibility index (Phi) is 7.50. The summed E-state index contributed by atoms with van der Waals surface area (Å²) in [7, 11) is 2.36. The van der Waals surface area contributed by atoms with Crippen LogP contribution >= 0.6 is 0 Å². The van der Waals surface area contributed by atoms with E-state index in [9.17, 15) is 9.59 Å². The van der Waals surface area contributed by atoms with Crippen LogP contribution < -0.4 is 10.8 Å². The summed E-state index contributed by atoms with van der Waals surface area (Å²) in [4.78, 5) is 30.3. The molecule has 3 heterocycles. The van der Waals surface area contributed by atoms with Crippen molar-refractivity contribution in [3.63, 3.8) is 0 Å². The monoisotopic (exact) mass is 497 g/mol. The number of carbonyl (C=O) groups is 2. The number of ether oxygens (including phenoxy) is 2. The first-order valence-corrected chi connectivity index (χ1v) is 12.3. The van der Waals surface area contributed by atoms with Gasteiger partial charge in [-0.1, -0.05) is 24.3 Å². The van der Waals surface area contributed by atoms with E-state index in [-0.39, 0.29) is 29.8 Å². The van der Waals surface area contributed by atoms with Gasteiger partial charge in [0.2, 0.25) is 5.91 Å². The summed E-state index contributed by atoms with van der Waals surface area (Å²) in [5.41, 5.74) is 3.15. The second kappa shape index (κ2) is 10.3. The predicted octanol–water partition coefficient (Wildman–Crippen LogP) is 3.02. The van der Waals surface area contributed by atoms with Gasteiger partial charge in [-0.15, -0.1) is 0 Å². The molecule has 2 N–H and O–H groups in total. The number of aromatic nitrogens is 1. The van der Waals surface area contributed by atoms with E-state index in [2.05, 4.69) is 15.0 Å². The van der Waals surface area contributed by atoms with Crippen LogP contribution in [0.15, 0.2) is 36.4 Å². The van der Waals surface area contributed by atoms with Gasteiger partial charge in [-0.25, -0.2) is 4.79 Å². The Bertz CT molecular complexity index is 1070. The van der Waals surface area contributed by atoms with Crippen molar-refractivity contribution in [3.8, 4) is 11.3 Å². The van der Waals surface area contributed by atoms with Crippen LogP contribution in [0.5, 0.6) is 0 Å². The average molecular weight is 497 g/mol. The fourth-order valence-electron chi connectivity index (χ4n) is 4.67. The maximum absolute atomic E-state index is 13.2. The van der Waals surface area contributed by atoms with Crippen LogP contribution in [-0.4, -0.2) is 73.6 Å². The minimum Gasteiger partial charge on any atom is -0.453 e. The van der Waals surface area contributed by atoms with Crippen molar-refractivity contribution in [3.05, 3.63) is 42.1 Å². The molecule has 194 valence electrons. The summed E-state index contributed by atoms with van der Waals surface area (Å²) in [6.07, 6.45) is 1.06. The molecule has 10 heteroatoms. The maximum atomic E-state index is 13.2. The van der Waals surface area contributed by atoms with Gasteiger partial charge >= 0.3 is 13.2 Å². The van der Waals surface area contributed by atoms with E-state index in [1.54, 1.807) is 4.90 Å². The maximum Gasteiger partial charge on any atom is 0.494 e. The van der Waals surface area contributed by atoms with Gasteiger partial charge in [0.15, 0.2) is 0 Å². The highest BCUT2D eigenvalue weighted by atomic mass is 16.7. The number of amides is 2. The highest BCUT2D eigenvalue weighted by molar-refractivity contribution is 6.62. The number of alkyl carbamates (subject to hydrolysis) is 1. The quantitative estimate of drug-likeness (QED) is 0.571. The Labute approximate surface area is 213 Å². The summed E-state index contributed by atoms with van der Waals surface area (Å²) in [6.45, 7) is 8.86. The summed E-state index contributed by atoms with van der Waals surface area (Å²) in [6, 6.07) is 11.3. The summed E-state index contributed by atoms with van der Waals surface area (Å²) >= 11 is 0. The minimum absolute atomic E-state index is 0.0717. The zero-order chi connectivity index (χ0) is 26.1. The number of hydrogen-bond donors (Lipinski definition) is 2. The van der Waals surface area contributed by atoms with Crippen LogP contribution in [0.4, 0.5) is 4.79 Å². The molecule has 0 saturated carbocycles. The van der Waals surface area contributed by atoms with Crippen LogP contribution in [0.25, 0.3) is 11.3 Å². The first-order valence-electron chi connectivity index (χ1n) is 12.3. The van der Waals surface area contributed by atoms with Crippen molar-refractivity contribution >= 4 is 24.6 Å². The molecule has 2 atom stereocenters. The van der Waals surface area contributed by atoms with Gasteiger partial charge in [0.1, 0.15) is 6.04 Å². The Morgan fingerprint density at radius 3 is 2.39 bits per heavy atom. The molecule has 0 aliphatic carbocycles. The lowest BCUT2D eigenvalue weighted by molar-refractivity contribution is -0.135. The molecular formula is C26H36BN3O6. The van der Waals surface area contributed by atoms with Gasteiger partial charge < -0.3 is 34.0 Å². The minimum atomic E-state index is -0.806. The molecule has 2 aromatic rings. The molecule has 2 fully saturated rings. The molecule has 1 aromatic carbocycles. The van der Waals surface area contributed by atoms with Crippen molar-refractivity contribution in [1.82, 2.24) is 15.2 Å². The van der Waals surface area contributed by atoms with Crippen LogP contribution in [0.2, 0.25) is 0 Å². The second-order valence-electron chi connectivity index (χ2n) is 10.4. The number of methoxy groups -OCH3 is 2. The lowest BCUT2D eigenvalue weighted by Crippen LogP contribution is -2.50. The van der Waals surface area contributed by atoms with Crippen molar-refractivity contribution in [2.45, 2.75) is 63.8 Å². The number of benzene rings is 1. The average Bonchev–Trinajstić information content (AvgIpc) is 3.56. The van der Waals surface area contributed by atoms with Crippen LogP contribution in [0, 0.1) is 0 Å². The van der Waals surface area contributed by atoms with E-state index in [1.165, 1.54) is 14.2 Å². The number of H-pyrrole nitrogens is 1. The second-order valence-corrected chi connectivity index (χ2v) is 10.4. The molecule has 1 aromatic heterocycles. The Morgan fingerprint density at radius 1 is 1.11 bits per heavy atom. The first-order chi connectivity index (χ1) is 17.1. The van der Waals surface area contributed by atoms with Crippen molar-refractivity contribution in [1.29, 1.82) is 0 Å². The third kappa shape index (κ3) is 5.16. The van der Waals surface area contributed by atoms with E-state index < -0.39 is 19.3 Å². The lowest BCUT2D eigenvalue weighted by Gasteiger charge is -2.32. The number of rotatable bonds is 7. The molecule has 0 unspecified atom stereocenters. The van der Waals surface area contributed by atoms with E-state index in [4.69, 9.17) is 14.0 Å². The standard InChI is InChI=1S/C26H36BN3O6/c1-25(2)26(3,4)36-27(35-25)18-11-9-17(10-12-18)19-13-14-20(28-19)22-8-7-15-30(22)23(31)21(16-33-5)29-24(32)34-6/h9-14,21-22,28H,7-8,15-16H2,1-6H3,(H,29,32)/t21-,22-/m0/s1. The SMILES string of the molecule is COC[C@H](NC(=O)OC)C(=O)N1CCC[C@H]1c1ccc(-c2ccc(B3OC(C)(C)C(C)(C)O3)cc2)[nH]1. The van der Waals surface area contributed by atoms with Crippen LogP contribution in [0.3, 0.4) is 0 Å². The fraction of sp³-hybridized carbons (Fsp3) is 0.538. The normalized spacial score (nSPS) is 21.4. The van der Waals surface area contributed by atoms with Gasteiger partial charge in [0, 0.05) is 25.0 Å². The molecule has 2 amide bonds. The van der Waals surface area contributed by atoms with E-state index in [0.717, 1.165) is 35.3 Å². The smallest absolute Gasteiger partial charge is 0.453 e. The number of carbonyl (C=O) groups excluding carboxylic acids is 2. The van der Waals surface area contributed by atoms with Crippen molar-refractivity contribution < 1.29 is 28.4 Å². The topological polar surface area (TPSA) is 102 Å². The number of nitrogens with zero attached hydrogens (tertiary/aromatic N) is 1. The highest BCUT2D eigenvalue weighted by Crippen LogP contribution is 2.37. The fourth-order valence-corrected chi connectivity index (χ4v) is 4.67. The Hall–Kier alpha value is -2.82. The molecular weight excluding hydrogens is 461 g/mol. The van der Waals surface area contributed by atoms with Crippen LogP contribution in [-0.2, 0) is 23.6 Å². The predicted molar refractivity (Wildman–Crippen MR) is 137 cm³/mol. The molecule has 2 aliphatic rings. The van der Waals surface area contributed by atoms with Gasteiger partial charge in [-0.05, 0) is 63.7 Å². The third-order valence-corrected chi connectivity index (χ3v) is 7.46. The largest absolute Gasteiger partial charge is 0.494 e. The first kappa shape index (κ1) is 26.3. The molecule has 9 nitrogen and oxygen atoms in total. The summed E-state index contributed by atoms with van der Waals surface area (Å²) < 4.78 is 22.1. The number of likely N-dealkylation sites (tertiary alicyclic amines) is 1. The summed E-state index contributed by atoms with van der Waals surface area (Å²) in [5.74, 6) is -0.187. The molecule has 2 aliphatic heterocycles. The van der Waals surface area contributed by atoms with E-state index >= 15 is 0 Å². The molecule has 36 heavy (non-hydrogen) atoms. The van der Waals surface area contributed by atoms with Crippen molar-refractivity contribution in [2.75, 3.05) is 27.4 Å². The highest BCUT2D eigenvalue weighted by Gasteiger charge is 2.51. The van der Waals surface area contributed by atoms with Crippen molar-refractivity contribution in [2.24, 2.45) is 0 Å².